The third kappa shape index (κ3) is 10.2. The minimum atomic E-state index is -1.58. The Balaban J connectivity index is 3.03. The van der Waals surface area contributed by atoms with Gasteiger partial charge < -0.3 is 48.3 Å². The largest absolute Gasteiger partial charge is 0.480 e. The summed E-state index contributed by atoms with van der Waals surface area (Å²) in [6, 6.07) is -5.88. The number of carbonyl (C=O) groups is 6. The molecule has 1 aromatic rings. The summed E-state index contributed by atoms with van der Waals surface area (Å²) in [5.74, 6) is -6.12. The molecule has 12 N–H and O–H groups in total. The Morgan fingerprint density at radius 2 is 1.54 bits per heavy atom. The molecule has 0 saturated carbocycles. The molecule has 16 nitrogen and oxygen atoms in total. The van der Waals surface area contributed by atoms with Gasteiger partial charge in [-0.15, -0.1) is 0 Å². The number of hydrogen-bond acceptors (Lipinski definition) is 9. The molecular weight excluding hydrogens is 468 g/mol. The quantitative estimate of drug-likeness (QED) is 0.111. The van der Waals surface area contributed by atoms with Crippen LogP contribution in [0.15, 0.2) is 12.5 Å². The number of aromatic nitrogens is 2. The molecular formula is C19H30N8O8. The first kappa shape index (κ1) is 29.0. The summed E-state index contributed by atoms with van der Waals surface area (Å²) in [5, 5.41) is 25.6. The number of nitrogens with one attached hydrogen (secondary N) is 4. The lowest BCUT2D eigenvalue weighted by Crippen LogP contribution is -2.58. The lowest BCUT2D eigenvalue weighted by molar-refractivity contribution is -0.142. The highest BCUT2D eigenvalue weighted by Gasteiger charge is 2.32. The number of nitrogens with two attached hydrogens (primary N) is 3. The number of carboxylic acid groups (broad SMARTS) is 1. The number of carboxylic acids is 1. The third-order valence-electron chi connectivity index (χ3n) is 4.77. The third-order valence-corrected chi connectivity index (χ3v) is 4.77. The summed E-state index contributed by atoms with van der Waals surface area (Å²) < 4.78 is 0. The second-order valence-corrected chi connectivity index (χ2v) is 7.74. The lowest BCUT2D eigenvalue weighted by Gasteiger charge is -2.25. The van der Waals surface area contributed by atoms with Crippen molar-refractivity contribution >= 4 is 35.5 Å². The highest BCUT2D eigenvalue weighted by molar-refractivity contribution is 5.96. The number of rotatable bonds is 15. The number of aromatic amines is 1. The molecule has 1 rings (SSSR count). The van der Waals surface area contributed by atoms with E-state index in [0.717, 1.165) is 0 Å². The van der Waals surface area contributed by atoms with E-state index in [2.05, 4.69) is 25.9 Å². The average Bonchev–Trinajstić information content (AvgIpc) is 3.27. The zero-order valence-corrected chi connectivity index (χ0v) is 18.9. The molecule has 0 radical (unpaired) electrons. The van der Waals surface area contributed by atoms with E-state index in [1.807, 2.05) is 0 Å². The van der Waals surface area contributed by atoms with Gasteiger partial charge in [0.15, 0.2) is 0 Å². The summed E-state index contributed by atoms with van der Waals surface area (Å²) in [6.45, 7) is 1.24. The monoisotopic (exact) mass is 498 g/mol. The van der Waals surface area contributed by atoms with Crippen LogP contribution >= 0.6 is 0 Å². The Labute approximate surface area is 199 Å². The molecule has 1 heterocycles. The van der Waals surface area contributed by atoms with Gasteiger partial charge >= 0.3 is 5.97 Å². The van der Waals surface area contributed by atoms with Crippen LogP contribution in [0, 0.1) is 0 Å². The Bertz CT molecular complexity index is 920. The molecule has 5 unspecified atom stereocenters. The number of aliphatic carboxylic acids is 1. The average molecular weight is 498 g/mol. The molecule has 5 atom stereocenters. The second kappa shape index (κ2) is 13.6. The zero-order chi connectivity index (χ0) is 26.7. The van der Waals surface area contributed by atoms with Crippen molar-refractivity contribution in [3.8, 4) is 0 Å². The van der Waals surface area contributed by atoms with Gasteiger partial charge in [0.05, 0.1) is 18.9 Å². The molecule has 0 aliphatic heterocycles. The number of carbonyl (C=O) groups excluding carboxylic acids is 5. The standard InChI is InChI=1S/C19H30N8O8/c1-8(28)15(22)18(33)26-11(5-14(21)30)17(32)25-10(2-3-13(20)29)16(31)27-12(19(34)35)4-9-6-23-7-24-9/h6-8,10-12,15,28H,2-5,22H2,1H3,(H2,20,29)(H2,21,30)(H,23,24)(H,25,32)(H,26,33)(H,27,31)(H,34,35). The fraction of sp³-hybridized carbons (Fsp3) is 0.526. The van der Waals surface area contributed by atoms with E-state index < -0.39 is 72.2 Å². The van der Waals surface area contributed by atoms with Gasteiger partial charge in [-0.05, 0) is 13.3 Å². The van der Waals surface area contributed by atoms with Crippen LogP contribution in [0.3, 0.4) is 0 Å². The Morgan fingerprint density at radius 1 is 0.971 bits per heavy atom. The van der Waals surface area contributed by atoms with Crippen molar-refractivity contribution in [2.75, 3.05) is 0 Å². The number of nitrogens with zero attached hydrogens (tertiary/aromatic N) is 1. The highest BCUT2D eigenvalue weighted by Crippen LogP contribution is 2.05. The van der Waals surface area contributed by atoms with E-state index >= 15 is 0 Å². The van der Waals surface area contributed by atoms with Crippen LogP contribution in [0.25, 0.3) is 0 Å². The molecule has 0 bridgehead atoms. The number of aliphatic hydroxyl groups excluding tert-OH is 1. The fourth-order valence-electron chi connectivity index (χ4n) is 2.81. The lowest BCUT2D eigenvalue weighted by atomic mass is 10.1. The van der Waals surface area contributed by atoms with Crippen molar-refractivity contribution in [1.82, 2.24) is 25.9 Å². The molecule has 194 valence electrons. The summed E-state index contributed by atoms with van der Waals surface area (Å²) in [4.78, 5) is 78.4. The Kier molecular flexibility index (Phi) is 11.3. The van der Waals surface area contributed by atoms with Crippen LogP contribution in [0.2, 0.25) is 0 Å². The molecule has 0 aromatic carbocycles. The predicted octanol–water partition coefficient (Wildman–Crippen LogP) is -4.66. The second-order valence-electron chi connectivity index (χ2n) is 7.74. The highest BCUT2D eigenvalue weighted by atomic mass is 16.4. The number of H-pyrrole nitrogens is 1. The molecule has 0 spiro atoms. The smallest absolute Gasteiger partial charge is 0.326 e. The van der Waals surface area contributed by atoms with Crippen LogP contribution < -0.4 is 33.2 Å². The van der Waals surface area contributed by atoms with Gasteiger partial charge in [0, 0.05) is 24.7 Å². The van der Waals surface area contributed by atoms with E-state index in [0.29, 0.717) is 5.69 Å². The van der Waals surface area contributed by atoms with Crippen LogP contribution in [0.5, 0.6) is 0 Å². The SMILES string of the molecule is CC(O)C(N)C(=O)NC(CC(N)=O)C(=O)NC(CCC(N)=O)C(=O)NC(Cc1cnc[nH]1)C(=O)O. The maximum absolute atomic E-state index is 12.8. The van der Waals surface area contributed by atoms with E-state index in [1.54, 1.807) is 0 Å². The number of imidazole rings is 1. The van der Waals surface area contributed by atoms with E-state index in [4.69, 9.17) is 17.2 Å². The molecule has 0 aliphatic rings. The van der Waals surface area contributed by atoms with Crippen LogP contribution in [0.1, 0.15) is 31.9 Å². The van der Waals surface area contributed by atoms with Gasteiger partial charge in [-0.1, -0.05) is 0 Å². The first-order valence-corrected chi connectivity index (χ1v) is 10.4. The van der Waals surface area contributed by atoms with Crippen molar-refractivity contribution in [2.24, 2.45) is 17.2 Å². The van der Waals surface area contributed by atoms with Crippen molar-refractivity contribution in [3.05, 3.63) is 18.2 Å². The summed E-state index contributed by atoms with van der Waals surface area (Å²) in [6.07, 6.45) is -0.0822. The number of hydrogen-bond donors (Lipinski definition) is 9. The van der Waals surface area contributed by atoms with Crippen molar-refractivity contribution in [2.45, 2.75) is 62.9 Å². The van der Waals surface area contributed by atoms with Crippen LogP contribution in [-0.4, -0.2) is 86.0 Å². The number of primary amides is 2. The summed E-state index contributed by atoms with van der Waals surface area (Å²) in [7, 11) is 0. The molecule has 0 saturated heterocycles. The van der Waals surface area contributed by atoms with Gasteiger partial charge in [-0.25, -0.2) is 9.78 Å². The molecule has 5 amide bonds. The first-order chi connectivity index (χ1) is 16.3. The summed E-state index contributed by atoms with van der Waals surface area (Å²) >= 11 is 0. The van der Waals surface area contributed by atoms with Crippen molar-refractivity contribution < 1.29 is 39.0 Å². The topological polar surface area (TPSA) is 286 Å². The first-order valence-electron chi connectivity index (χ1n) is 10.4. The zero-order valence-electron chi connectivity index (χ0n) is 18.9. The van der Waals surface area contributed by atoms with Gasteiger partial charge in [0.1, 0.15) is 24.2 Å². The maximum Gasteiger partial charge on any atom is 0.326 e. The van der Waals surface area contributed by atoms with Crippen molar-refractivity contribution in [1.29, 1.82) is 0 Å². The normalized spacial score (nSPS) is 15.1. The minimum absolute atomic E-state index is 0.158. The molecule has 1 aromatic heterocycles. The van der Waals surface area contributed by atoms with E-state index in [1.165, 1.54) is 19.4 Å². The van der Waals surface area contributed by atoms with Gasteiger partial charge in [0.25, 0.3) is 0 Å². The fourth-order valence-corrected chi connectivity index (χ4v) is 2.81. The minimum Gasteiger partial charge on any atom is -0.480 e. The Hall–Kier alpha value is -4.05. The summed E-state index contributed by atoms with van der Waals surface area (Å²) in [5.41, 5.74) is 16.2. The molecule has 0 aliphatic carbocycles. The van der Waals surface area contributed by atoms with Gasteiger partial charge in [0.2, 0.25) is 29.5 Å². The molecule has 0 fully saturated rings. The van der Waals surface area contributed by atoms with E-state index in [9.17, 15) is 39.0 Å². The van der Waals surface area contributed by atoms with Gasteiger partial charge in [-0.2, -0.15) is 0 Å². The molecule has 35 heavy (non-hydrogen) atoms. The van der Waals surface area contributed by atoms with Crippen LogP contribution in [0.4, 0.5) is 0 Å². The van der Waals surface area contributed by atoms with Crippen molar-refractivity contribution in [3.63, 3.8) is 0 Å². The molecule has 16 heteroatoms. The Morgan fingerprint density at radius 3 is 2.03 bits per heavy atom. The maximum atomic E-state index is 12.8. The number of amides is 5. The number of aliphatic hydroxyl groups is 1. The van der Waals surface area contributed by atoms with E-state index in [-0.39, 0.29) is 19.3 Å². The van der Waals surface area contributed by atoms with Gasteiger partial charge in [-0.3, -0.25) is 24.0 Å². The van der Waals surface area contributed by atoms with Crippen LogP contribution in [-0.2, 0) is 35.2 Å². The predicted molar refractivity (Wildman–Crippen MR) is 118 cm³/mol.